The normalized spacial score (nSPS) is 10.1. The van der Waals surface area contributed by atoms with E-state index in [-0.39, 0.29) is 17.1 Å². The summed E-state index contributed by atoms with van der Waals surface area (Å²) in [5.41, 5.74) is 5.46. The molecule has 2 aromatic heterocycles. The molecule has 1 amide bonds. The lowest BCUT2D eigenvalue weighted by molar-refractivity contribution is 0.102. The van der Waals surface area contributed by atoms with Crippen molar-refractivity contribution in [2.45, 2.75) is 0 Å². The average Bonchev–Trinajstić information content (AvgIpc) is 2.32. The van der Waals surface area contributed by atoms with Crippen molar-refractivity contribution < 1.29 is 13.6 Å². The molecule has 0 atom stereocenters. The van der Waals surface area contributed by atoms with Gasteiger partial charge in [-0.15, -0.1) is 0 Å². The van der Waals surface area contributed by atoms with E-state index in [0.29, 0.717) is 0 Å². The summed E-state index contributed by atoms with van der Waals surface area (Å²) in [6, 6.07) is 2.03. The Morgan fingerprint density at radius 1 is 1.17 bits per heavy atom. The molecular formula is C11H8F2N4O. The summed E-state index contributed by atoms with van der Waals surface area (Å²) in [4.78, 5) is 18.8. The van der Waals surface area contributed by atoms with Crippen LogP contribution in [0, 0.1) is 11.6 Å². The van der Waals surface area contributed by atoms with Crippen molar-refractivity contribution in [3.8, 4) is 0 Å². The lowest BCUT2D eigenvalue weighted by Gasteiger charge is -2.06. The van der Waals surface area contributed by atoms with Crippen LogP contribution in [-0.2, 0) is 0 Å². The second kappa shape index (κ2) is 4.74. The number of halogens is 2. The first kappa shape index (κ1) is 11.9. The molecule has 3 N–H and O–H groups in total. The van der Waals surface area contributed by atoms with Gasteiger partial charge in [-0.2, -0.15) is 0 Å². The Kier molecular flexibility index (Phi) is 3.13. The maximum Gasteiger partial charge on any atom is 0.259 e. The fraction of sp³-hybridized carbons (Fsp3) is 0. The van der Waals surface area contributed by atoms with E-state index in [1.165, 1.54) is 6.20 Å². The van der Waals surface area contributed by atoms with Crippen LogP contribution in [0.1, 0.15) is 10.4 Å². The molecule has 92 valence electrons. The van der Waals surface area contributed by atoms with Crippen molar-refractivity contribution >= 4 is 17.4 Å². The smallest absolute Gasteiger partial charge is 0.259 e. The number of amides is 1. The minimum Gasteiger partial charge on any atom is -0.383 e. The highest BCUT2D eigenvalue weighted by atomic mass is 19.1. The number of nitrogen functional groups attached to an aromatic ring is 1. The van der Waals surface area contributed by atoms with Gasteiger partial charge >= 0.3 is 0 Å². The molecule has 7 heteroatoms. The Labute approximate surface area is 101 Å². The lowest BCUT2D eigenvalue weighted by atomic mass is 10.2. The van der Waals surface area contributed by atoms with Crippen LogP contribution in [0.3, 0.4) is 0 Å². The molecule has 0 bridgehead atoms. The van der Waals surface area contributed by atoms with Gasteiger partial charge in [-0.25, -0.2) is 13.8 Å². The van der Waals surface area contributed by atoms with E-state index in [2.05, 4.69) is 15.3 Å². The number of nitrogens with zero attached hydrogens (tertiary/aromatic N) is 2. The number of carbonyl (C=O) groups is 1. The topological polar surface area (TPSA) is 80.9 Å². The predicted octanol–water partition coefficient (Wildman–Crippen LogP) is 1.59. The highest BCUT2D eigenvalue weighted by molar-refractivity contribution is 6.07. The number of pyridine rings is 2. The summed E-state index contributed by atoms with van der Waals surface area (Å²) in [5.74, 6) is -2.09. The summed E-state index contributed by atoms with van der Waals surface area (Å²) in [7, 11) is 0. The zero-order valence-electron chi connectivity index (χ0n) is 9.02. The summed E-state index contributed by atoms with van der Waals surface area (Å²) in [6.07, 6.45) is 3.15. The number of carbonyl (C=O) groups excluding carboxylic acids is 1. The molecule has 2 aromatic rings. The van der Waals surface area contributed by atoms with E-state index in [1.54, 1.807) is 0 Å². The summed E-state index contributed by atoms with van der Waals surface area (Å²) < 4.78 is 25.8. The molecule has 2 rings (SSSR count). The van der Waals surface area contributed by atoms with Gasteiger partial charge in [0.2, 0.25) is 0 Å². The van der Waals surface area contributed by atoms with E-state index in [9.17, 15) is 13.6 Å². The Balaban J connectivity index is 2.24. The standard InChI is InChI=1S/C11H8F2N4O/c12-6-1-8(5-15-3-6)17-11(18)9-2-7(13)4-16-10(9)14/h1-5H,(H2,14,16)(H,17,18). The van der Waals surface area contributed by atoms with Crippen LogP contribution in [-0.4, -0.2) is 15.9 Å². The quantitative estimate of drug-likeness (QED) is 0.848. The van der Waals surface area contributed by atoms with Gasteiger partial charge in [-0.3, -0.25) is 9.78 Å². The van der Waals surface area contributed by atoms with Crippen LogP contribution < -0.4 is 11.1 Å². The summed E-state index contributed by atoms with van der Waals surface area (Å²) in [5, 5.41) is 2.34. The molecule has 0 aliphatic rings. The highest BCUT2D eigenvalue weighted by Crippen LogP contribution is 2.13. The average molecular weight is 250 g/mol. The Morgan fingerprint density at radius 3 is 2.61 bits per heavy atom. The van der Waals surface area contributed by atoms with E-state index in [1.807, 2.05) is 0 Å². The van der Waals surface area contributed by atoms with Crippen LogP contribution >= 0.6 is 0 Å². The summed E-state index contributed by atoms with van der Waals surface area (Å²) in [6.45, 7) is 0. The van der Waals surface area contributed by atoms with Gasteiger partial charge in [-0.05, 0) is 6.07 Å². The molecule has 0 spiro atoms. The molecule has 5 nitrogen and oxygen atoms in total. The fourth-order valence-electron chi connectivity index (χ4n) is 1.31. The van der Waals surface area contributed by atoms with E-state index >= 15 is 0 Å². The van der Waals surface area contributed by atoms with E-state index in [0.717, 1.165) is 24.5 Å². The van der Waals surface area contributed by atoms with Crippen molar-refractivity contribution in [3.05, 3.63) is 47.9 Å². The third-order valence-corrected chi connectivity index (χ3v) is 2.09. The van der Waals surface area contributed by atoms with Crippen molar-refractivity contribution in [3.63, 3.8) is 0 Å². The van der Waals surface area contributed by atoms with Gasteiger partial charge in [0.15, 0.2) is 0 Å². The first-order valence-electron chi connectivity index (χ1n) is 4.89. The number of rotatable bonds is 2. The molecule has 2 heterocycles. The van der Waals surface area contributed by atoms with Crippen LogP contribution in [0.15, 0.2) is 30.7 Å². The van der Waals surface area contributed by atoms with Gasteiger partial charge in [0.1, 0.15) is 17.5 Å². The largest absolute Gasteiger partial charge is 0.383 e. The number of nitrogens with one attached hydrogen (secondary N) is 1. The minimum absolute atomic E-state index is 0.113. The monoisotopic (exact) mass is 250 g/mol. The zero-order valence-corrected chi connectivity index (χ0v) is 9.02. The first-order chi connectivity index (χ1) is 8.56. The number of hydrogen-bond donors (Lipinski definition) is 2. The molecule has 0 unspecified atom stereocenters. The maximum absolute atomic E-state index is 12.9. The van der Waals surface area contributed by atoms with Crippen LogP contribution in [0.4, 0.5) is 20.3 Å². The Bertz CT molecular complexity index is 603. The van der Waals surface area contributed by atoms with Gasteiger partial charge < -0.3 is 11.1 Å². The van der Waals surface area contributed by atoms with Crippen molar-refractivity contribution in [1.29, 1.82) is 0 Å². The Hall–Kier alpha value is -2.57. The van der Waals surface area contributed by atoms with Crippen LogP contribution in [0.5, 0.6) is 0 Å². The van der Waals surface area contributed by atoms with Crippen molar-refractivity contribution in [2.24, 2.45) is 0 Å². The highest BCUT2D eigenvalue weighted by Gasteiger charge is 2.12. The SMILES string of the molecule is Nc1ncc(F)cc1C(=O)Nc1cncc(F)c1. The van der Waals surface area contributed by atoms with Gasteiger partial charge in [-0.1, -0.05) is 0 Å². The van der Waals surface area contributed by atoms with Gasteiger partial charge in [0, 0.05) is 6.07 Å². The third-order valence-electron chi connectivity index (χ3n) is 2.09. The molecule has 0 aromatic carbocycles. The molecule has 0 aliphatic heterocycles. The first-order valence-corrected chi connectivity index (χ1v) is 4.89. The fourth-order valence-corrected chi connectivity index (χ4v) is 1.31. The number of nitrogens with two attached hydrogens (primary N) is 1. The van der Waals surface area contributed by atoms with Gasteiger partial charge in [0.05, 0.1) is 29.8 Å². The van der Waals surface area contributed by atoms with Crippen LogP contribution in [0.25, 0.3) is 0 Å². The van der Waals surface area contributed by atoms with Crippen LogP contribution in [0.2, 0.25) is 0 Å². The maximum atomic E-state index is 12.9. The Morgan fingerprint density at radius 2 is 1.89 bits per heavy atom. The molecule has 0 saturated heterocycles. The third kappa shape index (κ3) is 2.57. The number of aromatic nitrogens is 2. The minimum atomic E-state index is -0.688. The molecule has 0 saturated carbocycles. The zero-order chi connectivity index (χ0) is 13.1. The number of hydrogen-bond acceptors (Lipinski definition) is 4. The lowest BCUT2D eigenvalue weighted by Crippen LogP contribution is -2.15. The van der Waals surface area contributed by atoms with Crippen molar-refractivity contribution in [1.82, 2.24) is 9.97 Å². The molecular weight excluding hydrogens is 242 g/mol. The second-order valence-electron chi connectivity index (χ2n) is 3.43. The second-order valence-corrected chi connectivity index (χ2v) is 3.43. The number of anilines is 2. The van der Waals surface area contributed by atoms with E-state index < -0.39 is 17.5 Å². The predicted molar refractivity (Wildman–Crippen MR) is 60.8 cm³/mol. The molecule has 0 aliphatic carbocycles. The molecule has 0 radical (unpaired) electrons. The van der Waals surface area contributed by atoms with E-state index in [4.69, 9.17) is 5.73 Å². The van der Waals surface area contributed by atoms with Gasteiger partial charge in [0.25, 0.3) is 5.91 Å². The molecule has 18 heavy (non-hydrogen) atoms. The molecule has 0 fully saturated rings. The summed E-state index contributed by atoms with van der Waals surface area (Å²) >= 11 is 0. The van der Waals surface area contributed by atoms with Crippen molar-refractivity contribution in [2.75, 3.05) is 11.1 Å².